The zero-order valence-electron chi connectivity index (χ0n) is 10.5. The fourth-order valence-electron chi connectivity index (χ4n) is 1.47. The second-order valence-corrected chi connectivity index (χ2v) is 5.25. The van der Waals surface area contributed by atoms with E-state index in [9.17, 15) is 9.50 Å². The highest BCUT2D eigenvalue weighted by molar-refractivity contribution is 5.85. The lowest BCUT2D eigenvalue weighted by atomic mass is 9.83. The van der Waals surface area contributed by atoms with Gasteiger partial charge in [-0.3, -0.25) is 0 Å². The third-order valence-corrected chi connectivity index (χ3v) is 2.85. The van der Waals surface area contributed by atoms with Crippen molar-refractivity contribution in [3.63, 3.8) is 0 Å². The molecular weight excluding hydrogens is 241 g/mol. The largest absolute Gasteiger partial charge is 0.388 e. The number of rotatable bonds is 3. The number of benzene rings is 1. The van der Waals surface area contributed by atoms with Crippen LogP contribution in [0.3, 0.4) is 0 Å². The van der Waals surface area contributed by atoms with Crippen molar-refractivity contribution >= 4 is 12.4 Å². The van der Waals surface area contributed by atoms with E-state index in [-0.39, 0.29) is 29.7 Å². The summed E-state index contributed by atoms with van der Waals surface area (Å²) in [5.74, 6) is -0.379. The molecule has 17 heavy (non-hydrogen) atoms. The molecular formula is C13H21ClFNO. The Bertz CT molecular complexity index is 352. The van der Waals surface area contributed by atoms with Crippen molar-refractivity contribution < 1.29 is 9.50 Å². The van der Waals surface area contributed by atoms with Crippen molar-refractivity contribution in [2.45, 2.75) is 39.3 Å². The summed E-state index contributed by atoms with van der Waals surface area (Å²) in [6, 6.07) is 6.10. The molecule has 0 spiro atoms. The quantitative estimate of drug-likeness (QED) is 0.879. The monoisotopic (exact) mass is 261 g/mol. The Kier molecular flexibility index (Phi) is 6.10. The van der Waals surface area contributed by atoms with E-state index in [0.29, 0.717) is 12.0 Å². The van der Waals surface area contributed by atoms with Crippen LogP contribution in [-0.4, -0.2) is 11.1 Å². The summed E-state index contributed by atoms with van der Waals surface area (Å²) in [4.78, 5) is 0. The van der Waals surface area contributed by atoms with Gasteiger partial charge in [-0.1, -0.05) is 39.0 Å². The van der Waals surface area contributed by atoms with Gasteiger partial charge in [-0.2, -0.15) is 0 Å². The molecule has 0 unspecified atom stereocenters. The molecule has 1 aromatic carbocycles. The summed E-state index contributed by atoms with van der Waals surface area (Å²) in [6.07, 6.45) is -0.472. The highest BCUT2D eigenvalue weighted by Gasteiger charge is 2.24. The lowest BCUT2D eigenvalue weighted by Gasteiger charge is -2.29. The van der Waals surface area contributed by atoms with Crippen LogP contribution in [0.5, 0.6) is 0 Å². The lowest BCUT2D eigenvalue weighted by molar-refractivity contribution is 0.130. The summed E-state index contributed by atoms with van der Waals surface area (Å²) in [5, 5.41) is 9.92. The third-order valence-electron chi connectivity index (χ3n) is 2.85. The molecule has 1 aromatic rings. The Morgan fingerprint density at radius 2 is 1.82 bits per heavy atom. The molecule has 4 heteroatoms. The first-order chi connectivity index (χ1) is 7.32. The molecule has 0 aliphatic carbocycles. The molecule has 0 fully saturated rings. The van der Waals surface area contributed by atoms with Gasteiger partial charge in [-0.15, -0.1) is 12.4 Å². The van der Waals surface area contributed by atoms with Gasteiger partial charge in [0.1, 0.15) is 5.82 Å². The predicted molar refractivity (Wildman–Crippen MR) is 70.7 cm³/mol. The molecule has 0 aliphatic rings. The van der Waals surface area contributed by atoms with Crippen LogP contribution in [0.25, 0.3) is 0 Å². The lowest BCUT2D eigenvalue weighted by Crippen LogP contribution is -2.36. The van der Waals surface area contributed by atoms with Gasteiger partial charge in [0.05, 0.1) is 6.10 Å². The maximum atomic E-state index is 13.4. The van der Waals surface area contributed by atoms with Crippen LogP contribution in [0.2, 0.25) is 0 Å². The summed E-state index contributed by atoms with van der Waals surface area (Å²) in [5.41, 5.74) is 6.19. The summed E-state index contributed by atoms with van der Waals surface area (Å²) >= 11 is 0. The minimum Gasteiger partial charge on any atom is -0.388 e. The zero-order valence-corrected chi connectivity index (χ0v) is 11.3. The van der Waals surface area contributed by atoms with Crippen molar-refractivity contribution in [1.82, 2.24) is 0 Å². The highest BCUT2D eigenvalue weighted by atomic mass is 35.5. The van der Waals surface area contributed by atoms with Crippen molar-refractivity contribution in [3.05, 3.63) is 35.6 Å². The highest BCUT2D eigenvalue weighted by Crippen LogP contribution is 2.27. The molecule has 0 aliphatic heterocycles. The van der Waals surface area contributed by atoms with Gasteiger partial charge >= 0.3 is 0 Å². The van der Waals surface area contributed by atoms with Gasteiger partial charge in [-0.25, -0.2) is 4.39 Å². The maximum Gasteiger partial charge on any atom is 0.128 e. The molecule has 1 rings (SSSR count). The predicted octanol–water partition coefficient (Wildman–Crippen LogP) is 3.04. The molecule has 0 aromatic heterocycles. The van der Waals surface area contributed by atoms with E-state index in [1.54, 1.807) is 18.2 Å². The van der Waals surface area contributed by atoms with E-state index in [2.05, 4.69) is 0 Å². The Morgan fingerprint density at radius 1 is 1.29 bits per heavy atom. The number of aliphatic hydroxyl groups excluding tert-OH is 1. The Labute approximate surface area is 108 Å². The van der Waals surface area contributed by atoms with Crippen LogP contribution in [0.1, 0.15) is 38.9 Å². The van der Waals surface area contributed by atoms with Crippen molar-refractivity contribution in [1.29, 1.82) is 0 Å². The van der Waals surface area contributed by atoms with Crippen LogP contribution in [0.4, 0.5) is 4.39 Å². The smallest absolute Gasteiger partial charge is 0.128 e. The number of halogens is 2. The second-order valence-electron chi connectivity index (χ2n) is 5.25. The fourth-order valence-corrected chi connectivity index (χ4v) is 1.47. The van der Waals surface area contributed by atoms with Gasteiger partial charge < -0.3 is 10.8 Å². The molecule has 3 N–H and O–H groups in total. The second kappa shape index (κ2) is 6.34. The zero-order chi connectivity index (χ0) is 12.3. The van der Waals surface area contributed by atoms with Gasteiger partial charge in [0.2, 0.25) is 0 Å². The summed E-state index contributed by atoms with van der Waals surface area (Å²) in [6.45, 7) is 6.02. The van der Waals surface area contributed by atoms with Crippen LogP contribution in [-0.2, 0) is 0 Å². The average molecular weight is 262 g/mol. The first kappa shape index (κ1) is 16.4. The molecule has 0 saturated heterocycles. The molecule has 0 saturated carbocycles. The van der Waals surface area contributed by atoms with Gasteiger partial charge in [0.25, 0.3) is 0 Å². The van der Waals surface area contributed by atoms with Gasteiger partial charge in [-0.05, 0) is 17.9 Å². The summed E-state index contributed by atoms with van der Waals surface area (Å²) < 4.78 is 13.4. The van der Waals surface area contributed by atoms with Gasteiger partial charge in [0, 0.05) is 11.6 Å². The number of nitrogens with two attached hydrogens (primary N) is 1. The average Bonchev–Trinajstić information content (AvgIpc) is 2.16. The Morgan fingerprint density at radius 3 is 2.29 bits per heavy atom. The normalized spacial score (nSPS) is 14.9. The van der Waals surface area contributed by atoms with Crippen LogP contribution in [0, 0.1) is 11.2 Å². The van der Waals surface area contributed by atoms with E-state index < -0.39 is 6.10 Å². The molecule has 98 valence electrons. The van der Waals surface area contributed by atoms with E-state index in [4.69, 9.17) is 5.73 Å². The van der Waals surface area contributed by atoms with Crippen molar-refractivity contribution in [2.75, 3.05) is 0 Å². The fraction of sp³-hybridized carbons (Fsp3) is 0.538. The minimum atomic E-state index is -0.838. The van der Waals surface area contributed by atoms with E-state index in [1.165, 1.54) is 6.07 Å². The van der Waals surface area contributed by atoms with E-state index >= 15 is 0 Å². The Hall–Kier alpha value is -0.640. The third kappa shape index (κ3) is 4.62. The molecule has 0 radical (unpaired) electrons. The van der Waals surface area contributed by atoms with E-state index in [0.717, 1.165) is 0 Å². The SMILES string of the molecule is CC(C)(C)[C@@H](N)C[C@H](O)c1ccccc1F.Cl. The van der Waals surface area contributed by atoms with Crippen molar-refractivity contribution in [2.24, 2.45) is 11.1 Å². The topological polar surface area (TPSA) is 46.2 Å². The maximum absolute atomic E-state index is 13.4. The van der Waals surface area contributed by atoms with Crippen LogP contribution < -0.4 is 5.73 Å². The number of aliphatic hydroxyl groups is 1. The van der Waals surface area contributed by atoms with E-state index in [1.807, 2.05) is 20.8 Å². The van der Waals surface area contributed by atoms with Crippen molar-refractivity contribution in [3.8, 4) is 0 Å². The van der Waals surface area contributed by atoms with Gasteiger partial charge in [0.15, 0.2) is 0 Å². The molecule has 2 atom stereocenters. The molecule has 2 nitrogen and oxygen atoms in total. The minimum absolute atomic E-state index is 0. The summed E-state index contributed by atoms with van der Waals surface area (Å²) in [7, 11) is 0. The standard InChI is InChI=1S/C13H20FNO.ClH/c1-13(2,3)12(15)8-11(16)9-6-4-5-7-10(9)14;/h4-7,11-12,16H,8,15H2,1-3H3;1H/t11-,12-;/m0./s1. The first-order valence-electron chi connectivity index (χ1n) is 5.50. The molecule has 0 heterocycles. The molecule has 0 bridgehead atoms. The van der Waals surface area contributed by atoms with Crippen LogP contribution >= 0.6 is 12.4 Å². The molecule has 0 amide bonds. The van der Waals surface area contributed by atoms with Crippen LogP contribution in [0.15, 0.2) is 24.3 Å². The number of hydrogen-bond donors (Lipinski definition) is 2. The first-order valence-corrected chi connectivity index (χ1v) is 5.50. The number of hydrogen-bond acceptors (Lipinski definition) is 2. The Balaban J connectivity index is 0.00000256.